The fourth-order valence-electron chi connectivity index (χ4n) is 1.97. The number of hydrogen-bond acceptors (Lipinski definition) is 5. The standard InChI is InChI=1S/C12H19N3O2/c1-8-3-11-12(17-7-16-11)4-10(8)15(2)6-9(14)5-13/h3-4,9H,5-7,13-14H2,1-2H3. The van der Waals surface area contributed by atoms with E-state index in [2.05, 4.69) is 4.90 Å². The van der Waals surface area contributed by atoms with Gasteiger partial charge in [0, 0.05) is 37.9 Å². The Balaban J connectivity index is 2.20. The zero-order chi connectivity index (χ0) is 12.4. The van der Waals surface area contributed by atoms with Crippen molar-refractivity contribution in [2.45, 2.75) is 13.0 Å². The van der Waals surface area contributed by atoms with Crippen molar-refractivity contribution < 1.29 is 9.47 Å². The van der Waals surface area contributed by atoms with E-state index in [0.29, 0.717) is 13.3 Å². The minimum absolute atomic E-state index is 0.0233. The first kappa shape index (κ1) is 12.0. The van der Waals surface area contributed by atoms with Crippen LogP contribution in [-0.4, -0.2) is 33.0 Å². The second-order valence-electron chi connectivity index (χ2n) is 4.37. The molecule has 1 aromatic rings. The lowest BCUT2D eigenvalue weighted by atomic mass is 10.1. The van der Waals surface area contributed by atoms with Gasteiger partial charge in [-0.1, -0.05) is 0 Å². The molecule has 5 nitrogen and oxygen atoms in total. The van der Waals surface area contributed by atoms with Gasteiger partial charge in [0.2, 0.25) is 6.79 Å². The summed E-state index contributed by atoms with van der Waals surface area (Å²) in [6, 6.07) is 3.95. The van der Waals surface area contributed by atoms with Gasteiger partial charge in [0.25, 0.3) is 0 Å². The van der Waals surface area contributed by atoms with Gasteiger partial charge in [-0.15, -0.1) is 0 Å². The SMILES string of the molecule is Cc1cc2c(cc1N(C)CC(N)CN)OCO2. The highest BCUT2D eigenvalue weighted by molar-refractivity contribution is 5.62. The van der Waals surface area contributed by atoms with Gasteiger partial charge in [-0.05, 0) is 18.6 Å². The Hall–Kier alpha value is -1.46. The molecular weight excluding hydrogens is 218 g/mol. The number of likely N-dealkylation sites (N-methyl/N-ethyl adjacent to an activating group) is 1. The largest absolute Gasteiger partial charge is 0.454 e. The Labute approximate surface area is 101 Å². The fourth-order valence-corrected chi connectivity index (χ4v) is 1.97. The Kier molecular flexibility index (Phi) is 3.40. The minimum Gasteiger partial charge on any atom is -0.454 e. The number of anilines is 1. The predicted molar refractivity (Wildman–Crippen MR) is 67.6 cm³/mol. The van der Waals surface area contributed by atoms with Gasteiger partial charge in [0.15, 0.2) is 11.5 Å². The molecule has 2 rings (SSSR count). The topological polar surface area (TPSA) is 73.7 Å². The summed E-state index contributed by atoms with van der Waals surface area (Å²) in [5.74, 6) is 1.60. The van der Waals surface area contributed by atoms with Crippen LogP contribution in [0.15, 0.2) is 12.1 Å². The lowest BCUT2D eigenvalue weighted by Crippen LogP contribution is -2.40. The average molecular weight is 237 g/mol. The summed E-state index contributed by atoms with van der Waals surface area (Å²) >= 11 is 0. The molecule has 0 spiro atoms. The first-order valence-electron chi connectivity index (χ1n) is 5.69. The first-order valence-corrected chi connectivity index (χ1v) is 5.69. The lowest BCUT2D eigenvalue weighted by Gasteiger charge is -2.24. The lowest BCUT2D eigenvalue weighted by molar-refractivity contribution is 0.174. The molecule has 0 saturated carbocycles. The third-order valence-corrected chi connectivity index (χ3v) is 2.91. The maximum absolute atomic E-state index is 5.85. The molecule has 4 N–H and O–H groups in total. The molecule has 0 aromatic heterocycles. The van der Waals surface area contributed by atoms with Crippen LogP contribution in [0, 0.1) is 6.92 Å². The van der Waals surface area contributed by atoms with Crippen LogP contribution in [0.1, 0.15) is 5.56 Å². The minimum atomic E-state index is -0.0233. The molecule has 0 amide bonds. The maximum Gasteiger partial charge on any atom is 0.231 e. The van der Waals surface area contributed by atoms with Crippen LogP contribution in [0.3, 0.4) is 0 Å². The van der Waals surface area contributed by atoms with Crippen LogP contribution < -0.4 is 25.8 Å². The van der Waals surface area contributed by atoms with E-state index in [1.54, 1.807) is 0 Å². The van der Waals surface area contributed by atoms with E-state index in [4.69, 9.17) is 20.9 Å². The molecular formula is C12H19N3O2. The van der Waals surface area contributed by atoms with Gasteiger partial charge in [0.1, 0.15) is 0 Å². The van der Waals surface area contributed by atoms with Crippen molar-refractivity contribution in [1.82, 2.24) is 0 Å². The van der Waals surface area contributed by atoms with Crippen molar-refractivity contribution in [3.63, 3.8) is 0 Å². The van der Waals surface area contributed by atoms with Crippen LogP contribution in [-0.2, 0) is 0 Å². The smallest absolute Gasteiger partial charge is 0.231 e. The molecule has 1 unspecified atom stereocenters. The highest BCUT2D eigenvalue weighted by Gasteiger charge is 2.17. The summed E-state index contributed by atoms with van der Waals surface area (Å²) in [6.45, 7) is 3.54. The third kappa shape index (κ3) is 2.45. The van der Waals surface area contributed by atoms with E-state index in [9.17, 15) is 0 Å². The summed E-state index contributed by atoms with van der Waals surface area (Å²) in [5.41, 5.74) is 13.6. The number of rotatable bonds is 4. The summed E-state index contributed by atoms with van der Waals surface area (Å²) in [5, 5.41) is 0. The number of fused-ring (bicyclic) bond motifs is 1. The van der Waals surface area contributed by atoms with Crippen LogP contribution in [0.5, 0.6) is 11.5 Å². The summed E-state index contributed by atoms with van der Waals surface area (Å²) in [6.07, 6.45) is 0. The van der Waals surface area contributed by atoms with Crippen molar-refractivity contribution in [2.24, 2.45) is 11.5 Å². The summed E-state index contributed by atoms with van der Waals surface area (Å²) in [4.78, 5) is 2.09. The quantitative estimate of drug-likeness (QED) is 0.795. The molecule has 94 valence electrons. The van der Waals surface area contributed by atoms with Gasteiger partial charge in [-0.3, -0.25) is 0 Å². The molecule has 1 heterocycles. The molecule has 1 atom stereocenters. The van der Waals surface area contributed by atoms with Crippen LogP contribution in [0.4, 0.5) is 5.69 Å². The number of nitrogens with zero attached hydrogens (tertiary/aromatic N) is 1. The normalized spacial score (nSPS) is 14.8. The van der Waals surface area contributed by atoms with Gasteiger partial charge in [0.05, 0.1) is 0 Å². The van der Waals surface area contributed by atoms with Crippen molar-refractivity contribution in [3.8, 4) is 11.5 Å². The fraction of sp³-hybridized carbons (Fsp3) is 0.500. The van der Waals surface area contributed by atoms with Crippen LogP contribution >= 0.6 is 0 Å². The van der Waals surface area contributed by atoms with Gasteiger partial charge in [-0.25, -0.2) is 0 Å². The van der Waals surface area contributed by atoms with E-state index >= 15 is 0 Å². The number of nitrogens with two attached hydrogens (primary N) is 2. The van der Waals surface area contributed by atoms with E-state index in [0.717, 1.165) is 29.3 Å². The molecule has 0 radical (unpaired) electrons. The van der Waals surface area contributed by atoms with E-state index in [-0.39, 0.29) is 6.04 Å². The molecule has 1 aliphatic heterocycles. The molecule has 1 aliphatic rings. The monoisotopic (exact) mass is 237 g/mol. The Morgan fingerprint density at radius 1 is 1.35 bits per heavy atom. The van der Waals surface area contributed by atoms with Crippen molar-refractivity contribution in [1.29, 1.82) is 0 Å². The molecule has 0 fully saturated rings. The van der Waals surface area contributed by atoms with E-state index < -0.39 is 0 Å². The summed E-state index contributed by atoms with van der Waals surface area (Å²) < 4.78 is 10.7. The first-order chi connectivity index (χ1) is 8.11. The highest BCUT2D eigenvalue weighted by atomic mass is 16.7. The van der Waals surface area contributed by atoms with Gasteiger partial charge >= 0.3 is 0 Å². The van der Waals surface area contributed by atoms with Gasteiger partial charge in [-0.2, -0.15) is 0 Å². The average Bonchev–Trinajstić information content (AvgIpc) is 2.74. The molecule has 0 bridgehead atoms. The second kappa shape index (κ2) is 4.81. The molecule has 0 aliphatic carbocycles. The molecule has 5 heteroatoms. The number of hydrogen-bond donors (Lipinski definition) is 2. The molecule has 17 heavy (non-hydrogen) atoms. The zero-order valence-corrected chi connectivity index (χ0v) is 10.3. The maximum atomic E-state index is 5.85. The van der Waals surface area contributed by atoms with E-state index in [1.807, 2.05) is 26.1 Å². The highest BCUT2D eigenvalue weighted by Crippen LogP contribution is 2.37. The van der Waals surface area contributed by atoms with Gasteiger partial charge < -0.3 is 25.8 Å². The van der Waals surface area contributed by atoms with Crippen molar-refractivity contribution >= 4 is 5.69 Å². The zero-order valence-electron chi connectivity index (χ0n) is 10.3. The Morgan fingerprint density at radius 2 is 2.00 bits per heavy atom. The van der Waals surface area contributed by atoms with Crippen LogP contribution in [0.25, 0.3) is 0 Å². The Bertz CT molecular complexity index is 409. The van der Waals surface area contributed by atoms with Crippen molar-refractivity contribution in [3.05, 3.63) is 17.7 Å². The van der Waals surface area contributed by atoms with E-state index in [1.165, 1.54) is 0 Å². The predicted octanol–water partition coefficient (Wildman–Crippen LogP) is 0.446. The van der Waals surface area contributed by atoms with Crippen LogP contribution in [0.2, 0.25) is 0 Å². The molecule has 0 saturated heterocycles. The summed E-state index contributed by atoms with van der Waals surface area (Å²) in [7, 11) is 2.00. The van der Waals surface area contributed by atoms with Crippen molar-refractivity contribution in [2.75, 3.05) is 31.8 Å². The third-order valence-electron chi connectivity index (χ3n) is 2.91. The number of aryl methyl sites for hydroxylation is 1. The number of benzene rings is 1. The second-order valence-corrected chi connectivity index (χ2v) is 4.37. The Morgan fingerprint density at radius 3 is 2.65 bits per heavy atom. The number of ether oxygens (including phenoxy) is 2. The molecule has 1 aromatic carbocycles.